The van der Waals surface area contributed by atoms with E-state index in [1.165, 1.54) is 22.5 Å². The minimum atomic E-state index is -4.48. The molecule has 0 atom stereocenters. The van der Waals surface area contributed by atoms with Gasteiger partial charge in [0.2, 0.25) is 0 Å². The van der Waals surface area contributed by atoms with Gasteiger partial charge in [-0.2, -0.15) is 13.2 Å². The van der Waals surface area contributed by atoms with E-state index in [9.17, 15) is 13.2 Å². The Morgan fingerprint density at radius 1 is 1.40 bits per heavy atom. The number of hydrogen-bond donors (Lipinski definition) is 0. The zero-order chi connectivity index (χ0) is 14.8. The fourth-order valence-corrected chi connectivity index (χ4v) is 2.32. The number of pyridine rings is 1. The molecule has 0 aliphatic heterocycles. The molecule has 0 radical (unpaired) electrons. The van der Waals surface area contributed by atoms with Crippen molar-refractivity contribution in [1.29, 1.82) is 0 Å². The van der Waals surface area contributed by atoms with Crippen molar-refractivity contribution < 1.29 is 13.2 Å². The van der Waals surface area contributed by atoms with E-state index in [2.05, 4.69) is 15.9 Å². The van der Waals surface area contributed by atoms with Gasteiger partial charge in [0.1, 0.15) is 0 Å². The molecule has 2 aromatic heterocycles. The normalized spacial score (nSPS) is 11.3. The maximum absolute atomic E-state index is 12.5. The Bertz CT molecular complexity index is 661. The van der Waals surface area contributed by atoms with Gasteiger partial charge in [0, 0.05) is 18.6 Å². The molecule has 0 amide bonds. The number of rotatable bonds is 3. The Morgan fingerprint density at radius 2 is 2.15 bits per heavy atom. The van der Waals surface area contributed by atoms with Crippen molar-refractivity contribution in [2.45, 2.75) is 11.3 Å². The highest BCUT2D eigenvalue weighted by Gasteiger charge is 2.31. The average Bonchev–Trinajstić information content (AvgIpc) is 2.83. The van der Waals surface area contributed by atoms with Crippen molar-refractivity contribution in [1.82, 2.24) is 14.5 Å². The van der Waals surface area contributed by atoms with Crippen LogP contribution in [0.1, 0.15) is 5.56 Å². The molecule has 0 N–H and O–H groups in total. The molecule has 0 bridgehead atoms. The standard InChI is InChI=1S/C12H7ClF3N3S/c1-2-5-20-11-17-3-4-19(11)10-9(13)6-8(7-18-10)12(14,15)16/h1,3-4,6-7H,5H2. The van der Waals surface area contributed by atoms with Gasteiger partial charge in [-0.15, -0.1) is 6.42 Å². The van der Waals surface area contributed by atoms with Gasteiger partial charge in [0.15, 0.2) is 11.0 Å². The van der Waals surface area contributed by atoms with E-state index in [1.54, 1.807) is 6.20 Å². The first-order chi connectivity index (χ1) is 9.43. The Hall–Kier alpha value is -1.65. The van der Waals surface area contributed by atoms with Crippen LogP contribution in [0.4, 0.5) is 13.2 Å². The van der Waals surface area contributed by atoms with Crippen LogP contribution in [0.5, 0.6) is 0 Å². The van der Waals surface area contributed by atoms with Crippen molar-refractivity contribution in [3.05, 3.63) is 35.2 Å². The third-order valence-corrected chi connectivity index (χ3v) is 3.42. The number of thioether (sulfide) groups is 1. The molecule has 0 fully saturated rings. The van der Waals surface area contributed by atoms with Crippen LogP contribution in [0, 0.1) is 12.3 Å². The molecule has 0 unspecified atom stereocenters. The number of imidazole rings is 1. The Labute approximate surface area is 122 Å². The van der Waals surface area contributed by atoms with Crippen LogP contribution in [-0.4, -0.2) is 20.3 Å². The lowest BCUT2D eigenvalue weighted by atomic mass is 10.3. The van der Waals surface area contributed by atoms with Crippen molar-refractivity contribution in [3.63, 3.8) is 0 Å². The van der Waals surface area contributed by atoms with E-state index in [4.69, 9.17) is 18.0 Å². The highest BCUT2D eigenvalue weighted by molar-refractivity contribution is 7.99. The van der Waals surface area contributed by atoms with E-state index in [-0.39, 0.29) is 10.8 Å². The molecule has 104 valence electrons. The molecule has 0 aliphatic rings. The molecule has 0 aromatic carbocycles. The lowest BCUT2D eigenvalue weighted by molar-refractivity contribution is -0.137. The van der Waals surface area contributed by atoms with Crippen molar-refractivity contribution in [2.24, 2.45) is 0 Å². The number of halogens is 4. The van der Waals surface area contributed by atoms with Crippen LogP contribution < -0.4 is 0 Å². The fraction of sp³-hybridized carbons (Fsp3) is 0.167. The summed E-state index contributed by atoms with van der Waals surface area (Å²) in [7, 11) is 0. The topological polar surface area (TPSA) is 30.7 Å². The molecular weight excluding hydrogens is 311 g/mol. The maximum atomic E-state index is 12.5. The molecule has 0 saturated carbocycles. The van der Waals surface area contributed by atoms with Gasteiger partial charge in [0.25, 0.3) is 0 Å². The third-order valence-electron chi connectivity index (χ3n) is 2.27. The molecule has 0 aliphatic carbocycles. The second-order valence-electron chi connectivity index (χ2n) is 3.60. The zero-order valence-electron chi connectivity index (χ0n) is 9.86. The molecule has 0 spiro atoms. The number of aromatic nitrogens is 3. The predicted octanol–water partition coefficient (Wildman–Crippen LogP) is 3.66. The lowest BCUT2D eigenvalue weighted by Gasteiger charge is -2.10. The SMILES string of the molecule is C#CCSc1nccn1-c1ncc(C(F)(F)F)cc1Cl. The van der Waals surface area contributed by atoms with Gasteiger partial charge in [0.05, 0.1) is 16.3 Å². The monoisotopic (exact) mass is 317 g/mol. The summed E-state index contributed by atoms with van der Waals surface area (Å²) in [5, 5.41) is 0.400. The first-order valence-corrected chi connectivity index (χ1v) is 6.62. The molecule has 2 heterocycles. The smallest absolute Gasteiger partial charge is 0.278 e. The van der Waals surface area contributed by atoms with Gasteiger partial charge in [-0.05, 0) is 6.07 Å². The summed E-state index contributed by atoms with van der Waals surface area (Å²) in [4.78, 5) is 7.81. The average molecular weight is 318 g/mol. The first kappa shape index (κ1) is 14.8. The fourth-order valence-electron chi connectivity index (χ4n) is 1.43. The van der Waals surface area contributed by atoms with E-state index in [0.29, 0.717) is 10.9 Å². The van der Waals surface area contributed by atoms with Gasteiger partial charge in [-0.25, -0.2) is 9.97 Å². The first-order valence-electron chi connectivity index (χ1n) is 5.26. The number of alkyl halides is 3. The summed E-state index contributed by atoms with van der Waals surface area (Å²) in [6.45, 7) is 0. The molecular formula is C12H7ClF3N3S. The summed E-state index contributed by atoms with van der Waals surface area (Å²) in [5.41, 5.74) is -0.899. The maximum Gasteiger partial charge on any atom is 0.417 e. The van der Waals surface area contributed by atoms with Crippen LogP contribution >= 0.6 is 23.4 Å². The summed E-state index contributed by atoms with van der Waals surface area (Å²) >= 11 is 7.13. The van der Waals surface area contributed by atoms with E-state index in [0.717, 1.165) is 12.3 Å². The predicted molar refractivity (Wildman–Crippen MR) is 70.9 cm³/mol. The van der Waals surface area contributed by atoms with Crippen LogP contribution in [0.25, 0.3) is 5.82 Å². The second kappa shape index (κ2) is 5.77. The van der Waals surface area contributed by atoms with Crippen LogP contribution in [0.3, 0.4) is 0 Å². The largest absolute Gasteiger partial charge is 0.417 e. The lowest BCUT2D eigenvalue weighted by Crippen LogP contribution is -2.08. The van der Waals surface area contributed by atoms with Gasteiger partial charge < -0.3 is 0 Å². The quantitative estimate of drug-likeness (QED) is 0.639. The molecule has 20 heavy (non-hydrogen) atoms. The van der Waals surface area contributed by atoms with Gasteiger partial charge in [-0.3, -0.25) is 4.57 Å². The van der Waals surface area contributed by atoms with Crippen LogP contribution in [0.15, 0.2) is 29.8 Å². The Morgan fingerprint density at radius 3 is 2.75 bits per heavy atom. The van der Waals surface area contributed by atoms with Crippen LogP contribution in [-0.2, 0) is 6.18 Å². The highest BCUT2D eigenvalue weighted by Crippen LogP contribution is 2.32. The summed E-state index contributed by atoms with van der Waals surface area (Å²) < 4.78 is 39.1. The van der Waals surface area contributed by atoms with Crippen molar-refractivity contribution >= 4 is 23.4 Å². The molecule has 2 rings (SSSR count). The number of nitrogens with zero attached hydrogens (tertiary/aromatic N) is 3. The van der Waals surface area contributed by atoms with E-state index in [1.807, 2.05) is 0 Å². The molecule has 3 nitrogen and oxygen atoms in total. The van der Waals surface area contributed by atoms with Crippen molar-refractivity contribution in [2.75, 3.05) is 5.75 Å². The Balaban J connectivity index is 2.40. The van der Waals surface area contributed by atoms with E-state index < -0.39 is 11.7 Å². The highest BCUT2D eigenvalue weighted by atomic mass is 35.5. The summed E-state index contributed by atoms with van der Waals surface area (Å²) in [5.74, 6) is 3.00. The van der Waals surface area contributed by atoms with E-state index >= 15 is 0 Å². The second-order valence-corrected chi connectivity index (χ2v) is 4.95. The molecule has 8 heteroatoms. The number of hydrogen-bond acceptors (Lipinski definition) is 3. The third kappa shape index (κ3) is 3.08. The van der Waals surface area contributed by atoms with Crippen molar-refractivity contribution in [3.8, 4) is 18.2 Å². The molecule has 2 aromatic rings. The van der Waals surface area contributed by atoms with Gasteiger partial charge >= 0.3 is 6.18 Å². The Kier molecular flexibility index (Phi) is 4.26. The summed E-state index contributed by atoms with van der Waals surface area (Å²) in [6, 6.07) is 0.833. The summed E-state index contributed by atoms with van der Waals surface area (Å²) in [6.07, 6.45) is 4.46. The van der Waals surface area contributed by atoms with Crippen LogP contribution in [0.2, 0.25) is 5.02 Å². The van der Waals surface area contributed by atoms with Gasteiger partial charge in [-0.1, -0.05) is 29.3 Å². The minimum Gasteiger partial charge on any atom is -0.278 e. The minimum absolute atomic E-state index is 0.111. The number of terminal acetylenes is 1. The molecule has 0 saturated heterocycles. The zero-order valence-corrected chi connectivity index (χ0v) is 11.4.